The van der Waals surface area contributed by atoms with Crippen LogP contribution < -0.4 is 10.5 Å². The van der Waals surface area contributed by atoms with E-state index >= 15 is 0 Å². The average molecular weight is 591 g/mol. The predicted molar refractivity (Wildman–Crippen MR) is 159 cm³/mol. The van der Waals surface area contributed by atoms with Crippen molar-refractivity contribution >= 4 is 23.2 Å². The molecule has 10 heteroatoms. The van der Waals surface area contributed by atoms with E-state index in [2.05, 4.69) is 6.92 Å². The second kappa shape index (κ2) is 11.2. The number of aryl methyl sites for hydroxylation is 1. The van der Waals surface area contributed by atoms with Gasteiger partial charge in [0.2, 0.25) is 5.78 Å². The van der Waals surface area contributed by atoms with Gasteiger partial charge in [-0.15, -0.1) is 0 Å². The third kappa shape index (κ3) is 4.60. The fourth-order valence-electron chi connectivity index (χ4n) is 7.20. The average Bonchev–Trinajstić information content (AvgIpc) is 2.95. The van der Waals surface area contributed by atoms with Gasteiger partial charge in [-0.05, 0) is 80.6 Å². The van der Waals surface area contributed by atoms with E-state index in [1.807, 2.05) is 18.2 Å². The van der Waals surface area contributed by atoms with Crippen LogP contribution in [0, 0.1) is 11.8 Å². The Kier molecular flexibility index (Phi) is 7.87. The maximum atomic E-state index is 14.1. The van der Waals surface area contributed by atoms with Gasteiger partial charge in [-0.25, -0.2) is 0 Å². The van der Waals surface area contributed by atoms with Gasteiger partial charge in [-0.1, -0.05) is 31.9 Å². The molecule has 43 heavy (non-hydrogen) atoms. The number of carbonyl (C=O) groups excluding carboxylic acids is 3. The summed E-state index contributed by atoms with van der Waals surface area (Å²) in [5.74, 6) is -6.16. The highest BCUT2D eigenvalue weighted by molar-refractivity contribution is 6.24. The number of amides is 1. The lowest BCUT2D eigenvalue weighted by Crippen LogP contribution is -2.65. The number of fused-ring (bicyclic) bond motifs is 3. The molecule has 3 aliphatic rings. The molecule has 228 valence electrons. The van der Waals surface area contributed by atoms with Gasteiger partial charge in [-0.3, -0.25) is 19.3 Å². The first-order valence-corrected chi connectivity index (χ1v) is 14.5. The number of carbonyl (C=O) groups is 3. The largest absolute Gasteiger partial charge is 0.508 e. The number of nitrogens with two attached hydrogens (primary N) is 1. The number of primary amides is 1. The number of benzene rings is 2. The number of hydrogen-bond acceptors (Lipinski definition) is 9. The van der Waals surface area contributed by atoms with E-state index in [1.54, 1.807) is 27.3 Å². The normalized spacial score (nSPS) is 25.0. The van der Waals surface area contributed by atoms with Crippen LogP contribution in [0.25, 0.3) is 16.9 Å². The Hall–Kier alpha value is -4.15. The van der Waals surface area contributed by atoms with E-state index in [4.69, 9.17) is 10.5 Å². The molecule has 3 aliphatic carbocycles. The van der Waals surface area contributed by atoms with Crippen molar-refractivity contribution in [2.75, 3.05) is 21.2 Å². The molecule has 1 saturated carbocycles. The smallest absolute Gasteiger partial charge is 0.255 e. The lowest BCUT2D eigenvalue weighted by atomic mass is 9.57. The molecule has 0 heterocycles. The second-order valence-electron chi connectivity index (χ2n) is 11.9. The number of phenols is 1. The van der Waals surface area contributed by atoms with Crippen LogP contribution in [0.2, 0.25) is 0 Å². The van der Waals surface area contributed by atoms with Gasteiger partial charge in [0.25, 0.3) is 5.91 Å². The highest BCUT2D eigenvalue weighted by Crippen LogP contribution is 2.54. The fourth-order valence-corrected chi connectivity index (χ4v) is 7.20. The molecule has 10 nitrogen and oxygen atoms in total. The fraction of sp³-hybridized carbons (Fsp3) is 0.424. The highest BCUT2D eigenvalue weighted by Gasteiger charge is 2.64. The first-order valence-electron chi connectivity index (χ1n) is 14.5. The molecule has 0 spiro atoms. The van der Waals surface area contributed by atoms with E-state index in [9.17, 15) is 34.8 Å². The van der Waals surface area contributed by atoms with Gasteiger partial charge in [0.1, 0.15) is 28.6 Å². The molecule has 4 atom stereocenters. The Morgan fingerprint density at radius 1 is 1.09 bits per heavy atom. The van der Waals surface area contributed by atoms with Crippen molar-refractivity contribution in [3.05, 3.63) is 63.9 Å². The quantitative estimate of drug-likeness (QED) is 0.228. The number of rotatable bonds is 8. The van der Waals surface area contributed by atoms with Crippen molar-refractivity contribution in [1.82, 2.24) is 4.90 Å². The molecular formula is C33H38N2O8. The molecule has 2 aromatic rings. The van der Waals surface area contributed by atoms with Gasteiger partial charge < -0.3 is 30.9 Å². The molecule has 0 aromatic heterocycles. The first-order chi connectivity index (χ1) is 20.4. The van der Waals surface area contributed by atoms with E-state index in [0.29, 0.717) is 16.9 Å². The minimum Gasteiger partial charge on any atom is -0.508 e. The number of aliphatic hydroxyl groups is 3. The first kappa shape index (κ1) is 30.3. The van der Waals surface area contributed by atoms with E-state index in [1.165, 1.54) is 11.0 Å². The number of likely N-dealkylation sites (N-methyl/N-ethyl adjacent to an activating group) is 1. The van der Waals surface area contributed by atoms with E-state index in [-0.39, 0.29) is 29.7 Å². The van der Waals surface area contributed by atoms with Crippen LogP contribution in [0.5, 0.6) is 11.5 Å². The molecular weight excluding hydrogens is 552 g/mol. The van der Waals surface area contributed by atoms with Crippen LogP contribution in [0.15, 0.2) is 47.2 Å². The second-order valence-corrected chi connectivity index (χ2v) is 11.9. The lowest BCUT2D eigenvalue weighted by molar-refractivity contribution is -0.153. The van der Waals surface area contributed by atoms with E-state index < -0.39 is 58.0 Å². The van der Waals surface area contributed by atoms with Gasteiger partial charge in [-0.2, -0.15) is 0 Å². The molecule has 0 saturated heterocycles. The van der Waals surface area contributed by atoms with Crippen molar-refractivity contribution in [1.29, 1.82) is 0 Å². The maximum Gasteiger partial charge on any atom is 0.255 e. The molecule has 2 aromatic carbocycles. The van der Waals surface area contributed by atoms with Gasteiger partial charge in [0, 0.05) is 17.1 Å². The van der Waals surface area contributed by atoms with Crippen LogP contribution in [-0.2, 0) is 27.2 Å². The van der Waals surface area contributed by atoms with Crippen molar-refractivity contribution in [2.45, 2.75) is 57.1 Å². The van der Waals surface area contributed by atoms with Crippen molar-refractivity contribution in [3.63, 3.8) is 0 Å². The van der Waals surface area contributed by atoms with E-state index in [0.717, 1.165) is 36.8 Å². The molecule has 0 bridgehead atoms. The topological polar surface area (TPSA) is 171 Å². The molecule has 1 amide bonds. The highest BCUT2D eigenvalue weighted by atomic mass is 16.5. The maximum absolute atomic E-state index is 14.1. The zero-order chi connectivity index (χ0) is 31.4. The van der Waals surface area contributed by atoms with Crippen molar-refractivity contribution in [3.8, 4) is 22.6 Å². The Labute approximate surface area is 250 Å². The Morgan fingerprint density at radius 3 is 2.44 bits per heavy atom. The Morgan fingerprint density at radius 2 is 1.81 bits per heavy atom. The minimum absolute atomic E-state index is 0.0229. The molecule has 6 N–H and O–H groups in total. The summed E-state index contributed by atoms with van der Waals surface area (Å²) in [6.07, 6.45) is 4.32. The number of aliphatic hydroxyl groups excluding tert-OH is 2. The summed E-state index contributed by atoms with van der Waals surface area (Å²) < 4.78 is 5.69. The SMILES string of the molecule is CCCCCc1ccc(OC)c(-c2ccc(O)c3c2C[C@@H]2C[C@@H]4[C@@H](N(C)C)C(=O)C(C(N)=O)=C(O)[C@]4(O)C(=O)C2=C3O)c1. The van der Waals surface area contributed by atoms with Crippen LogP contribution in [0.3, 0.4) is 0 Å². The molecule has 1 fully saturated rings. The number of unbranched alkanes of at least 4 members (excludes halogenated alkanes) is 2. The van der Waals surface area contributed by atoms with Crippen LogP contribution >= 0.6 is 0 Å². The van der Waals surface area contributed by atoms with Gasteiger partial charge >= 0.3 is 0 Å². The standard InChI is InChI=1S/C33H38N2O8/c1-5-6-7-8-16-9-12-23(43-4)19(13-16)18-10-11-22(36)25-20(18)14-17-15-21-27(35(2)3)29(38)26(32(34)41)31(40)33(21,42)30(39)24(17)28(25)37/h9-13,17,21,27,36-37,40,42H,5-8,14-15H2,1-4H3,(H2,34,41)/t17-,21-,27-,33-/m1/s1. The summed E-state index contributed by atoms with van der Waals surface area (Å²) in [6, 6.07) is 8.00. The number of methoxy groups -OCH3 is 1. The number of ether oxygens (including phenoxy) is 1. The third-order valence-corrected chi connectivity index (χ3v) is 9.23. The number of hydrogen-bond donors (Lipinski definition) is 5. The van der Waals surface area contributed by atoms with Gasteiger partial charge in [0.15, 0.2) is 11.4 Å². The number of ketones is 2. The predicted octanol–water partition coefficient (Wildman–Crippen LogP) is 3.37. The van der Waals surface area contributed by atoms with Crippen LogP contribution in [0.1, 0.15) is 49.3 Å². The number of aromatic hydroxyl groups is 1. The summed E-state index contributed by atoms with van der Waals surface area (Å²) in [4.78, 5) is 41.1. The summed E-state index contributed by atoms with van der Waals surface area (Å²) in [5.41, 5.74) is 4.94. The molecule has 5 rings (SSSR count). The van der Waals surface area contributed by atoms with Crippen LogP contribution in [-0.4, -0.2) is 75.6 Å². The lowest BCUT2D eigenvalue weighted by Gasteiger charge is -2.50. The molecule has 0 unspecified atom stereocenters. The summed E-state index contributed by atoms with van der Waals surface area (Å²) >= 11 is 0. The Bertz CT molecular complexity index is 1590. The van der Waals surface area contributed by atoms with Crippen molar-refractivity contribution < 1.29 is 39.5 Å². The number of phenolic OH excluding ortho intramolecular Hbond substituents is 1. The molecule has 0 aliphatic heterocycles. The van der Waals surface area contributed by atoms with Crippen LogP contribution in [0.4, 0.5) is 0 Å². The monoisotopic (exact) mass is 590 g/mol. The summed E-state index contributed by atoms with van der Waals surface area (Å²) in [5, 5.41) is 45.4. The number of nitrogens with zero attached hydrogens (tertiary/aromatic N) is 1. The number of Topliss-reactive ketones (excluding diaryl/α,β-unsaturated/α-hetero) is 2. The van der Waals surface area contributed by atoms with Crippen molar-refractivity contribution in [2.24, 2.45) is 17.6 Å². The third-order valence-electron chi connectivity index (χ3n) is 9.23. The zero-order valence-corrected chi connectivity index (χ0v) is 24.8. The zero-order valence-electron chi connectivity index (χ0n) is 24.8. The summed E-state index contributed by atoms with van der Waals surface area (Å²) in [7, 11) is 4.72. The Balaban J connectivity index is 1.69. The summed E-state index contributed by atoms with van der Waals surface area (Å²) in [6.45, 7) is 2.14. The minimum atomic E-state index is -2.67. The molecule has 0 radical (unpaired) electrons. The van der Waals surface area contributed by atoms with Gasteiger partial charge in [0.05, 0.1) is 18.7 Å².